The first-order chi connectivity index (χ1) is 4.29. The van der Waals surface area contributed by atoms with Crippen molar-refractivity contribution in [2.75, 3.05) is 0 Å². The maximum Gasteiger partial charge on any atom is 0.162 e. The van der Waals surface area contributed by atoms with Crippen LogP contribution < -0.4 is 5.73 Å². The van der Waals surface area contributed by atoms with Gasteiger partial charge in [0.15, 0.2) is 6.33 Å². The molecule has 6 heteroatoms. The first-order valence-electron chi connectivity index (χ1n) is 2.75. The van der Waals surface area contributed by atoms with E-state index in [4.69, 9.17) is 5.73 Å². The largest absolute Gasteiger partial charge is 0.326 e. The quantitative estimate of drug-likeness (QED) is 0.635. The Hall–Kier alpha value is -0.680. The maximum atomic E-state index is 5.46. The van der Waals surface area contributed by atoms with Crippen LogP contribution in [0.4, 0.5) is 0 Å². The highest BCUT2D eigenvalue weighted by Gasteiger charge is 1.95. The lowest BCUT2D eigenvalue weighted by molar-refractivity contribution is 0.472. The van der Waals surface area contributed by atoms with Gasteiger partial charge in [-0.1, -0.05) is 0 Å². The van der Waals surface area contributed by atoms with Gasteiger partial charge in [0.25, 0.3) is 0 Å². The summed E-state index contributed by atoms with van der Waals surface area (Å²) in [6.45, 7) is 2.52. The molecule has 0 aliphatic heterocycles. The smallest absolute Gasteiger partial charge is 0.162 e. The third-order valence-corrected chi connectivity index (χ3v) is 0.843. The van der Waals surface area contributed by atoms with Gasteiger partial charge in [0, 0.05) is 6.04 Å². The summed E-state index contributed by atoms with van der Waals surface area (Å²) < 4.78 is 0. The summed E-state index contributed by atoms with van der Waals surface area (Å²) in [5, 5.41) is 10.9. The van der Waals surface area contributed by atoms with Crippen LogP contribution in [0, 0.1) is 0 Å². The normalized spacial score (nSPS) is 12.2. The van der Waals surface area contributed by atoms with Gasteiger partial charge in [0.2, 0.25) is 0 Å². The van der Waals surface area contributed by atoms with Gasteiger partial charge in [-0.2, -0.15) is 4.80 Å². The van der Waals surface area contributed by atoms with E-state index in [0.29, 0.717) is 6.54 Å². The summed E-state index contributed by atoms with van der Waals surface area (Å²) in [6, 6.07) is 0.0826. The molecule has 0 fully saturated rings. The van der Waals surface area contributed by atoms with Crippen molar-refractivity contribution in [2.45, 2.75) is 19.5 Å². The zero-order valence-electron chi connectivity index (χ0n) is 5.64. The molecule has 1 rings (SSSR count). The van der Waals surface area contributed by atoms with Crippen molar-refractivity contribution in [3.05, 3.63) is 6.33 Å². The highest BCUT2D eigenvalue weighted by Crippen LogP contribution is 1.78. The SMILES string of the molecule is C[C@@H](N)Cn1ncnn1.Cl. The molecule has 0 bridgehead atoms. The molecule has 0 spiro atoms. The first kappa shape index (κ1) is 9.32. The summed E-state index contributed by atoms with van der Waals surface area (Å²) in [7, 11) is 0. The predicted octanol–water partition coefficient (Wildman–Crippen LogP) is -0.558. The van der Waals surface area contributed by atoms with Crippen LogP contribution in [0.2, 0.25) is 0 Å². The molecule has 1 heterocycles. The third kappa shape index (κ3) is 2.75. The van der Waals surface area contributed by atoms with E-state index in [2.05, 4.69) is 15.4 Å². The molecule has 1 aromatic rings. The standard InChI is InChI=1S/C4H9N5.ClH/c1-4(5)2-9-7-3-6-8-9;/h3-4H,2,5H2,1H3;1H/t4-;/m1./s1. The topological polar surface area (TPSA) is 69.6 Å². The van der Waals surface area contributed by atoms with Crippen LogP contribution in [0.1, 0.15) is 6.92 Å². The Morgan fingerprint density at radius 1 is 1.70 bits per heavy atom. The molecule has 10 heavy (non-hydrogen) atoms. The average Bonchev–Trinajstić information content (AvgIpc) is 2.15. The van der Waals surface area contributed by atoms with E-state index in [0.717, 1.165) is 0 Å². The van der Waals surface area contributed by atoms with Crippen molar-refractivity contribution in [1.82, 2.24) is 20.2 Å². The molecule has 0 aliphatic rings. The number of tetrazole rings is 1. The number of rotatable bonds is 2. The van der Waals surface area contributed by atoms with Crippen LogP contribution in [-0.4, -0.2) is 26.2 Å². The monoisotopic (exact) mass is 163 g/mol. The van der Waals surface area contributed by atoms with E-state index in [9.17, 15) is 0 Å². The van der Waals surface area contributed by atoms with Gasteiger partial charge in [-0.3, -0.25) is 0 Å². The second-order valence-corrected chi connectivity index (χ2v) is 1.97. The maximum absolute atomic E-state index is 5.46. The van der Waals surface area contributed by atoms with Crippen LogP contribution in [0.3, 0.4) is 0 Å². The number of hydrogen-bond acceptors (Lipinski definition) is 4. The van der Waals surface area contributed by atoms with Crippen LogP contribution in [0.25, 0.3) is 0 Å². The Morgan fingerprint density at radius 3 is 2.80 bits per heavy atom. The minimum absolute atomic E-state index is 0. The van der Waals surface area contributed by atoms with E-state index in [1.165, 1.54) is 11.1 Å². The lowest BCUT2D eigenvalue weighted by Gasteiger charge is -1.99. The summed E-state index contributed by atoms with van der Waals surface area (Å²) in [4.78, 5) is 1.46. The Morgan fingerprint density at radius 2 is 2.40 bits per heavy atom. The van der Waals surface area contributed by atoms with Crippen molar-refractivity contribution in [1.29, 1.82) is 0 Å². The van der Waals surface area contributed by atoms with E-state index in [-0.39, 0.29) is 18.4 Å². The zero-order valence-corrected chi connectivity index (χ0v) is 6.45. The van der Waals surface area contributed by atoms with Crippen molar-refractivity contribution in [3.63, 3.8) is 0 Å². The Kier molecular flexibility index (Phi) is 3.90. The molecule has 0 aromatic carbocycles. The summed E-state index contributed by atoms with van der Waals surface area (Å²) >= 11 is 0. The molecule has 0 saturated heterocycles. The fraction of sp³-hybridized carbons (Fsp3) is 0.750. The second-order valence-electron chi connectivity index (χ2n) is 1.97. The van der Waals surface area contributed by atoms with E-state index >= 15 is 0 Å². The minimum Gasteiger partial charge on any atom is -0.326 e. The van der Waals surface area contributed by atoms with Crippen LogP contribution in [0.15, 0.2) is 6.33 Å². The van der Waals surface area contributed by atoms with E-state index in [1.807, 2.05) is 6.92 Å². The Balaban J connectivity index is 0.000000810. The Bertz CT molecular complexity index is 160. The highest BCUT2D eigenvalue weighted by molar-refractivity contribution is 5.85. The zero-order chi connectivity index (χ0) is 6.69. The Labute approximate surface area is 65.0 Å². The fourth-order valence-corrected chi connectivity index (χ4v) is 0.530. The lowest BCUT2D eigenvalue weighted by atomic mass is 10.4. The van der Waals surface area contributed by atoms with Crippen molar-refractivity contribution in [3.8, 4) is 0 Å². The lowest BCUT2D eigenvalue weighted by Crippen LogP contribution is -2.23. The first-order valence-corrected chi connectivity index (χ1v) is 2.75. The number of nitrogens with two attached hydrogens (primary N) is 1. The summed E-state index contributed by atoms with van der Waals surface area (Å²) in [6.07, 6.45) is 1.39. The number of hydrogen-bond donors (Lipinski definition) is 1. The summed E-state index contributed by atoms with van der Waals surface area (Å²) in [5.74, 6) is 0. The van der Waals surface area contributed by atoms with Crippen LogP contribution >= 0.6 is 12.4 Å². The van der Waals surface area contributed by atoms with Crippen molar-refractivity contribution >= 4 is 12.4 Å². The number of nitrogens with zero attached hydrogens (tertiary/aromatic N) is 4. The molecule has 0 amide bonds. The van der Waals surface area contributed by atoms with Gasteiger partial charge in [-0.15, -0.1) is 22.6 Å². The molecule has 5 nitrogen and oxygen atoms in total. The molecule has 0 saturated carbocycles. The van der Waals surface area contributed by atoms with Crippen molar-refractivity contribution < 1.29 is 0 Å². The van der Waals surface area contributed by atoms with Crippen LogP contribution in [-0.2, 0) is 6.54 Å². The van der Waals surface area contributed by atoms with Crippen molar-refractivity contribution in [2.24, 2.45) is 5.73 Å². The molecule has 2 N–H and O–H groups in total. The van der Waals surface area contributed by atoms with Gasteiger partial charge in [0.05, 0.1) is 6.54 Å². The predicted molar refractivity (Wildman–Crippen MR) is 38.7 cm³/mol. The van der Waals surface area contributed by atoms with E-state index < -0.39 is 0 Å². The molecule has 0 unspecified atom stereocenters. The average molecular weight is 164 g/mol. The fourth-order valence-electron chi connectivity index (χ4n) is 0.530. The van der Waals surface area contributed by atoms with E-state index in [1.54, 1.807) is 0 Å². The van der Waals surface area contributed by atoms with Gasteiger partial charge in [-0.25, -0.2) is 0 Å². The number of aromatic nitrogens is 4. The molecular weight excluding hydrogens is 154 g/mol. The second kappa shape index (κ2) is 4.19. The number of halogens is 1. The third-order valence-electron chi connectivity index (χ3n) is 0.843. The highest BCUT2D eigenvalue weighted by atomic mass is 35.5. The molecule has 1 aromatic heterocycles. The molecular formula is C4H10ClN5. The van der Waals surface area contributed by atoms with Crippen LogP contribution in [0.5, 0.6) is 0 Å². The molecule has 58 valence electrons. The molecule has 1 atom stereocenters. The minimum atomic E-state index is 0. The summed E-state index contributed by atoms with van der Waals surface area (Å²) in [5.41, 5.74) is 5.46. The van der Waals surface area contributed by atoms with Gasteiger partial charge >= 0.3 is 0 Å². The van der Waals surface area contributed by atoms with Gasteiger partial charge in [-0.05, 0) is 12.1 Å². The molecule has 0 aliphatic carbocycles. The van der Waals surface area contributed by atoms with Gasteiger partial charge in [0.1, 0.15) is 0 Å². The molecule has 0 radical (unpaired) electrons. The van der Waals surface area contributed by atoms with Gasteiger partial charge < -0.3 is 5.73 Å².